The van der Waals surface area contributed by atoms with Gasteiger partial charge in [0, 0.05) is 24.6 Å². The molecule has 1 aromatic heterocycles. The van der Waals surface area contributed by atoms with Gasteiger partial charge in [-0.25, -0.2) is 9.78 Å². The second-order valence-corrected chi connectivity index (χ2v) is 3.94. The zero-order chi connectivity index (χ0) is 12.1. The van der Waals surface area contributed by atoms with Crippen LogP contribution >= 0.6 is 0 Å². The number of anilines is 1. The Kier molecular flexibility index (Phi) is 3.55. The Morgan fingerprint density at radius 2 is 2.00 bits per heavy atom. The molecule has 0 aliphatic carbocycles. The van der Waals surface area contributed by atoms with Gasteiger partial charge in [-0.15, -0.1) is 0 Å². The molecule has 0 spiro atoms. The minimum atomic E-state index is -0.190. The number of nitrogens with two attached hydrogens (primary N) is 1. The lowest BCUT2D eigenvalue weighted by Crippen LogP contribution is -2.21. The van der Waals surface area contributed by atoms with Crippen LogP contribution in [0.2, 0.25) is 0 Å². The maximum absolute atomic E-state index is 11.3. The van der Waals surface area contributed by atoms with Crippen molar-refractivity contribution in [1.29, 1.82) is 0 Å². The number of benzene rings is 1. The van der Waals surface area contributed by atoms with E-state index in [0.29, 0.717) is 6.54 Å². The van der Waals surface area contributed by atoms with Crippen LogP contribution in [0, 0.1) is 0 Å². The first-order valence-corrected chi connectivity index (χ1v) is 5.61. The molecular formula is C13H15N3O. The topological polar surface area (TPSA) is 60.9 Å². The highest BCUT2D eigenvalue weighted by Gasteiger charge is 1.96. The Balaban J connectivity index is 1.90. The summed E-state index contributed by atoms with van der Waals surface area (Å²) in [5.41, 5.74) is 7.43. The predicted octanol–water partition coefficient (Wildman–Crippen LogP) is 1.46. The van der Waals surface area contributed by atoms with E-state index in [0.717, 1.165) is 18.5 Å². The molecule has 0 saturated heterocycles. The van der Waals surface area contributed by atoms with Crippen LogP contribution in [0.25, 0.3) is 0 Å². The highest BCUT2D eigenvalue weighted by atomic mass is 16.1. The first kappa shape index (κ1) is 11.4. The number of rotatable bonds is 4. The molecule has 0 fully saturated rings. The molecule has 0 amide bonds. The highest BCUT2D eigenvalue weighted by molar-refractivity contribution is 5.39. The molecule has 0 atom stereocenters. The summed E-state index contributed by atoms with van der Waals surface area (Å²) in [5, 5.41) is 0. The zero-order valence-corrected chi connectivity index (χ0v) is 9.54. The van der Waals surface area contributed by atoms with E-state index in [2.05, 4.69) is 4.98 Å². The molecule has 2 aromatic rings. The molecule has 4 nitrogen and oxygen atoms in total. The molecule has 1 aromatic carbocycles. The second kappa shape index (κ2) is 5.30. The number of aryl methyl sites for hydroxylation is 2. The third kappa shape index (κ3) is 3.17. The van der Waals surface area contributed by atoms with Crippen molar-refractivity contribution in [1.82, 2.24) is 9.55 Å². The van der Waals surface area contributed by atoms with Crippen LogP contribution in [0.4, 0.5) is 5.69 Å². The SMILES string of the molecule is Nc1ccc(CCCn2cccnc2=O)cc1. The van der Waals surface area contributed by atoms with Crippen molar-refractivity contribution >= 4 is 5.69 Å². The molecule has 0 unspecified atom stereocenters. The fourth-order valence-corrected chi connectivity index (χ4v) is 1.70. The molecule has 0 aliphatic rings. The van der Waals surface area contributed by atoms with Crippen LogP contribution in [-0.2, 0) is 13.0 Å². The molecule has 1 heterocycles. The van der Waals surface area contributed by atoms with Gasteiger partial charge < -0.3 is 5.73 Å². The van der Waals surface area contributed by atoms with Gasteiger partial charge in [0.2, 0.25) is 0 Å². The van der Waals surface area contributed by atoms with E-state index in [1.54, 1.807) is 16.8 Å². The Morgan fingerprint density at radius 1 is 1.24 bits per heavy atom. The van der Waals surface area contributed by atoms with Gasteiger partial charge in [-0.1, -0.05) is 12.1 Å². The molecule has 0 aliphatic heterocycles. The molecule has 4 heteroatoms. The van der Waals surface area contributed by atoms with E-state index in [9.17, 15) is 4.79 Å². The summed E-state index contributed by atoms with van der Waals surface area (Å²) in [6.07, 6.45) is 5.12. The van der Waals surface area contributed by atoms with Crippen LogP contribution in [0.15, 0.2) is 47.5 Å². The third-order valence-electron chi connectivity index (χ3n) is 2.63. The summed E-state index contributed by atoms with van der Waals surface area (Å²) in [4.78, 5) is 15.0. The fourth-order valence-electron chi connectivity index (χ4n) is 1.70. The van der Waals surface area contributed by atoms with Crippen molar-refractivity contribution in [3.05, 3.63) is 58.8 Å². The van der Waals surface area contributed by atoms with Crippen molar-refractivity contribution < 1.29 is 0 Å². The largest absolute Gasteiger partial charge is 0.399 e. The van der Waals surface area contributed by atoms with E-state index in [1.165, 1.54) is 11.8 Å². The monoisotopic (exact) mass is 229 g/mol. The summed E-state index contributed by atoms with van der Waals surface area (Å²) < 4.78 is 1.62. The number of nitrogen functional groups attached to an aromatic ring is 1. The van der Waals surface area contributed by atoms with Crippen molar-refractivity contribution in [3.63, 3.8) is 0 Å². The Labute approximate surface area is 99.7 Å². The maximum atomic E-state index is 11.3. The van der Waals surface area contributed by atoms with Crippen LogP contribution in [0.3, 0.4) is 0 Å². The van der Waals surface area contributed by atoms with E-state index >= 15 is 0 Å². The minimum Gasteiger partial charge on any atom is -0.399 e. The van der Waals surface area contributed by atoms with Crippen LogP contribution in [-0.4, -0.2) is 9.55 Å². The quantitative estimate of drug-likeness (QED) is 0.807. The number of aromatic nitrogens is 2. The predicted molar refractivity (Wildman–Crippen MR) is 67.7 cm³/mol. The van der Waals surface area contributed by atoms with Crippen molar-refractivity contribution in [3.8, 4) is 0 Å². The zero-order valence-electron chi connectivity index (χ0n) is 9.54. The van der Waals surface area contributed by atoms with Gasteiger partial charge in [0.15, 0.2) is 0 Å². The summed E-state index contributed by atoms with van der Waals surface area (Å²) in [7, 11) is 0. The smallest absolute Gasteiger partial charge is 0.347 e. The fraction of sp³-hybridized carbons (Fsp3) is 0.231. The molecule has 2 rings (SSSR count). The normalized spacial score (nSPS) is 10.4. The molecule has 0 saturated carbocycles. The second-order valence-electron chi connectivity index (χ2n) is 3.94. The van der Waals surface area contributed by atoms with Gasteiger partial charge in [0.1, 0.15) is 0 Å². The van der Waals surface area contributed by atoms with Crippen molar-refractivity contribution in [2.75, 3.05) is 5.73 Å². The van der Waals surface area contributed by atoms with E-state index in [-0.39, 0.29) is 5.69 Å². The standard InChI is InChI=1S/C13H15N3O/c14-12-6-4-11(5-7-12)3-1-9-16-10-2-8-15-13(16)17/h2,4-8,10H,1,3,9,14H2. The number of hydrogen-bond donors (Lipinski definition) is 1. The minimum absolute atomic E-state index is 0.190. The summed E-state index contributed by atoms with van der Waals surface area (Å²) in [5.74, 6) is 0. The van der Waals surface area contributed by atoms with Crippen LogP contribution < -0.4 is 11.4 Å². The van der Waals surface area contributed by atoms with E-state index < -0.39 is 0 Å². The average molecular weight is 229 g/mol. The summed E-state index contributed by atoms with van der Waals surface area (Å²) in [6.45, 7) is 0.692. The van der Waals surface area contributed by atoms with Gasteiger partial charge in [0.25, 0.3) is 0 Å². The van der Waals surface area contributed by atoms with Gasteiger partial charge in [-0.3, -0.25) is 4.57 Å². The Hall–Kier alpha value is -2.10. The van der Waals surface area contributed by atoms with E-state index in [4.69, 9.17) is 5.73 Å². The maximum Gasteiger partial charge on any atom is 0.347 e. The average Bonchev–Trinajstić information content (AvgIpc) is 2.34. The van der Waals surface area contributed by atoms with E-state index in [1.807, 2.05) is 24.3 Å². The van der Waals surface area contributed by atoms with Crippen LogP contribution in [0.1, 0.15) is 12.0 Å². The first-order chi connectivity index (χ1) is 8.25. The molecule has 17 heavy (non-hydrogen) atoms. The summed E-state index contributed by atoms with van der Waals surface area (Å²) in [6, 6.07) is 9.59. The van der Waals surface area contributed by atoms with Gasteiger partial charge in [-0.05, 0) is 36.6 Å². The number of nitrogens with zero attached hydrogens (tertiary/aromatic N) is 2. The third-order valence-corrected chi connectivity index (χ3v) is 2.63. The van der Waals surface area contributed by atoms with Crippen molar-refractivity contribution in [2.24, 2.45) is 0 Å². The van der Waals surface area contributed by atoms with Gasteiger partial charge in [0.05, 0.1) is 0 Å². The lowest BCUT2D eigenvalue weighted by atomic mass is 10.1. The van der Waals surface area contributed by atoms with Crippen molar-refractivity contribution in [2.45, 2.75) is 19.4 Å². The first-order valence-electron chi connectivity index (χ1n) is 5.61. The Bertz CT molecular complexity index is 531. The summed E-state index contributed by atoms with van der Waals surface area (Å²) >= 11 is 0. The lowest BCUT2D eigenvalue weighted by Gasteiger charge is -2.04. The van der Waals surface area contributed by atoms with Crippen LogP contribution in [0.5, 0.6) is 0 Å². The van der Waals surface area contributed by atoms with Gasteiger partial charge >= 0.3 is 5.69 Å². The van der Waals surface area contributed by atoms with Gasteiger partial charge in [-0.2, -0.15) is 0 Å². The lowest BCUT2D eigenvalue weighted by molar-refractivity contribution is 0.607. The Morgan fingerprint density at radius 3 is 2.71 bits per heavy atom. The molecule has 0 bridgehead atoms. The molecule has 2 N–H and O–H groups in total. The molecular weight excluding hydrogens is 214 g/mol. The molecule has 88 valence electrons. The number of hydrogen-bond acceptors (Lipinski definition) is 3. The molecule has 0 radical (unpaired) electrons. The highest BCUT2D eigenvalue weighted by Crippen LogP contribution is 2.07.